The van der Waals surface area contributed by atoms with Crippen molar-refractivity contribution in [1.82, 2.24) is 10.2 Å². The molecule has 116 valence electrons. The summed E-state index contributed by atoms with van der Waals surface area (Å²) in [6.45, 7) is 6.14. The number of nitrogens with one attached hydrogen (secondary N) is 1. The van der Waals surface area contributed by atoms with Gasteiger partial charge in [-0.2, -0.15) is 13.2 Å². The Labute approximate surface area is 121 Å². The van der Waals surface area contributed by atoms with Gasteiger partial charge in [0.25, 0.3) is 0 Å². The van der Waals surface area contributed by atoms with Gasteiger partial charge in [-0.3, -0.25) is 4.90 Å². The fraction of sp³-hybridized carbons (Fsp3) is 0.467. The van der Waals surface area contributed by atoms with Gasteiger partial charge in [0.05, 0.1) is 5.56 Å². The summed E-state index contributed by atoms with van der Waals surface area (Å²) in [6.07, 6.45) is -2.74. The summed E-state index contributed by atoms with van der Waals surface area (Å²) in [7, 11) is 0. The Bertz CT molecular complexity index is 493. The first-order valence-corrected chi connectivity index (χ1v) is 6.86. The molecule has 2 nitrogen and oxygen atoms in total. The Balaban J connectivity index is 2.46. The molecule has 1 aliphatic heterocycles. The predicted octanol–water partition coefficient (Wildman–Crippen LogP) is 3.37. The molecule has 1 saturated heterocycles. The van der Waals surface area contributed by atoms with Crippen molar-refractivity contribution in [1.29, 1.82) is 0 Å². The molecule has 1 N–H and O–H groups in total. The van der Waals surface area contributed by atoms with Crippen LogP contribution in [0.1, 0.15) is 23.6 Å². The van der Waals surface area contributed by atoms with E-state index in [0.717, 1.165) is 18.2 Å². The first-order chi connectivity index (χ1) is 9.95. The van der Waals surface area contributed by atoms with Crippen LogP contribution >= 0.6 is 0 Å². The molecule has 0 saturated carbocycles. The minimum atomic E-state index is -4.56. The van der Waals surface area contributed by atoms with Gasteiger partial charge in [-0.15, -0.1) is 6.58 Å². The first-order valence-electron chi connectivity index (χ1n) is 6.86. The standard InChI is InChI=1S/C15H18F4N2/c1-2-4-13(21-9-7-20-8-10-21)14-11(15(17,18)19)5-3-6-12(14)16/h2-3,5-6,13,20H,1,4,7-10H2/t13-/m0/s1. The van der Waals surface area contributed by atoms with E-state index >= 15 is 0 Å². The Hall–Kier alpha value is -1.40. The van der Waals surface area contributed by atoms with Crippen molar-refractivity contribution in [3.05, 3.63) is 47.8 Å². The number of hydrogen-bond donors (Lipinski definition) is 1. The van der Waals surface area contributed by atoms with E-state index in [2.05, 4.69) is 11.9 Å². The molecule has 0 radical (unpaired) electrons. The second kappa shape index (κ2) is 6.58. The molecule has 0 bridgehead atoms. The van der Waals surface area contributed by atoms with E-state index in [9.17, 15) is 17.6 Å². The number of piperazine rings is 1. The topological polar surface area (TPSA) is 15.3 Å². The zero-order valence-corrected chi connectivity index (χ0v) is 11.6. The second-order valence-electron chi connectivity index (χ2n) is 5.02. The van der Waals surface area contributed by atoms with Gasteiger partial charge >= 0.3 is 6.18 Å². The van der Waals surface area contributed by atoms with E-state index in [-0.39, 0.29) is 12.0 Å². The van der Waals surface area contributed by atoms with Crippen molar-refractivity contribution in [2.24, 2.45) is 0 Å². The van der Waals surface area contributed by atoms with Crippen LogP contribution in [0.3, 0.4) is 0 Å². The largest absolute Gasteiger partial charge is 0.416 e. The van der Waals surface area contributed by atoms with Crippen molar-refractivity contribution in [3.8, 4) is 0 Å². The zero-order chi connectivity index (χ0) is 15.5. The van der Waals surface area contributed by atoms with Crippen LogP contribution in [0.5, 0.6) is 0 Å². The maximum absolute atomic E-state index is 14.1. The fourth-order valence-corrected chi connectivity index (χ4v) is 2.72. The number of nitrogens with zero attached hydrogens (tertiary/aromatic N) is 1. The Kier molecular flexibility index (Phi) is 5.00. The zero-order valence-electron chi connectivity index (χ0n) is 11.6. The fourth-order valence-electron chi connectivity index (χ4n) is 2.72. The van der Waals surface area contributed by atoms with Crippen LogP contribution in [0.25, 0.3) is 0 Å². The van der Waals surface area contributed by atoms with Crippen LogP contribution in [0.2, 0.25) is 0 Å². The average Bonchev–Trinajstić information content (AvgIpc) is 2.45. The summed E-state index contributed by atoms with van der Waals surface area (Å²) in [6, 6.07) is 2.49. The number of benzene rings is 1. The normalized spacial score (nSPS) is 18.5. The van der Waals surface area contributed by atoms with Gasteiger partial charge in [0.1, 0.15) is 5.82 Å². The number of rotatable bonds is 4. The van der Waals surface area contributed by atoms with Gasteiger partial charge in [-0.1, -0.05) is 12.1 Å². The Morgan fingerprint density at radius 3 is 2.52 bits per heavy atom. The van der Waals surface area contributed by atoms with Crippen molar-refractivity contribution in [2.45, 2.75) is 18.6 Å². The first kappa shape index (κ1) is 16.0. The maximum Gasteiger partial charge on any atom is 0.416 e. The molecule has 0 aliphatic carbocycles. The maximum atomic E-state index is 14.1. The van der Waals surface area contributed by atoms with E-state index in [1.54, 1.807) is 6.08 Å². The van der Waals surface area contributed by atoms with Crippen molar-refractivity contribution in [3.63, 3.8) is 0 Å². The van der Waals surface area contributed by atoms with E-state index in [4.69, 9.17) is 0 Å². The molecule has 1 fully saturated rings. The molecule has 0 aromatic heterocycles. The third-order valence-electron chi connectivity index (χ3n) is 3.67. The third-order valence-corrected chi connectivity index (χ3v) is 3.67. The Morgan fingerprint density at radius 1 is 1.29 bits per heavy atom. The average molecular weight is 302 g/mol. The highest BCUT2D eigenvalue weighted by Gasteiger charge is 2.38. The highest BCUT2D eigenvalue weighted by molar-refractivity contribution is 5.34. The summed E-state index contributed by atoms with van der Waals surface area (Å²) in [5.41, 5.74) is -1.17. The van der Waals surface area contributed by atoms with E-state index in [1.165, 1.54) is 0 Å². The number of alkyl halides is 3. The minimum absolute atomic E-state index is 0.271. The smallest absolute Gasteiger partial charge is 0.314 e. The van der Waals surface area contributed by atoms with Crippen LogP contribution in [0.4, 0.5) is 17.6 Å². The summed E-state index contributed by atoms with van der Waals surface area (Å²) < 4.78 is 53.7. The lowest BCUT2D eigenvalue weighted by atomic mass is 9.95. The lowest BCUT2D eigenvalue weighted by molar-refractivity contribution is -0.139. The third kappa shape index (κ3) is 3.63. The molecule has 1 aliphatic rings. The molecule has 6 heteroatoms. The molecule has 1 heterocycles. The molecule has 0 unspecified atom stereocenters. The summed E-state index contributed by atoms with van der Waals surface area (Å²) >= 11 is 0. The minimum Gasteiger partial charge on any atom is -0.314 e. The van der Waals surface area contributed by atoms with Crippen LogP contribution in [0, 0.1) is 5.82 Å². The molecular weight excluding hydrogens is 284 g/mol. The van der Waals surface area contributed by atoms with E-state index < -0.39 is 23.6 Å². The summed E-state index contributed by atoms with van der Waals surface area (Å²) in [5.74, 6) is -0.810. The molecule has 1 aromatic rings. The molecule has 0 amide bonds. The highest BCUT2D eigenvalue weighted by Crippen LogP contribution is 2.39. The van der Waals surface area contributed by atoms with Crippen LogP contribution in [0.15, 0.2) is 30.9 Å². The molecule has 2 rings (SSSR count). The van der Waals surface area contributed by atoms with Crippen LogP contribution in [-0.2, 0) is 6.18 Å². The molecule has 1 aromatic carbocycles. The predicted molar refractivity (Wildman–Crippen MR) is 73.4 cm³/mol. The molecule has 1 atom stereocenters. The highest BCUT2D eigenvalue weighted by atomic mass is 19.4. The lowest BCUT2D eigenvalue weighted by Crippen LogP contribution is -2.45. The van der Waals surface area contributed by atoms with Gasteiger partial charge in [0.2, 0.25) is 0 Å². The quantitative estimate of drug-likeness (QED) is 0.677. The molecule has 0 spiro atoms. The van der Waals surface area contributed by atoms with E-state index in [1.807, 2.05) is 4.90 Å². The Morgan fingerprint density at radius 2 is 1.95 bits per heavy atom. The lowest BCUT2D eigenvalue weighted by Gasteiger charge is -2.36. The second-order valence-corrected chi connectivity index (χ2v) is 5.02. The van der Waals surface area contributed by atoms with Gasteiger partial charge in [-0.25, -0.2) is 4.39 Å². The monoisotopic (exact) mass is 302 g/mol. The molecular formula is C15H18F4N2. The van der Waals surface area contributed by atoms with Gasteiger partial charge in [-0.05, 0) is 18.6 Å². The van der Waals surface area contributed by atoms with Crippen molar-refractivity contribution < 1.29 is 17.6 Å². The summed E-state index contributed by atoms with van der Waals surface area (Å²) in [4.78, 5) is 1.88. The number of hydrogen-bond acceptors (Lipinski definition) is 2. The SMILES string of the molecule is C=CC[C@@H](c1c(F)cccc1C(F)(F)F)N1CCNCC1. The van der Waals surface area contributed by atoms with Gasteiger partial charge in [0.15, 0.2) is 0 Å². The summed E-state index contributed by atoms with van der Waals surface area (Å²) in [5, 5.41) is 3.14. The van der Waals surface area contributed by atoms with Gasteiger partial charge < -0.3 is 5.32 Å². The van der Waals surface area contributed by atoms with E-state index in [0.29, 0.717) is 26.2 Å². The van der Waals surface area contributed by atoms with Crippen molar-refractivity contribution in [2.75, 3.05) is 26.2 Å². The van der Waals surface area contributed by atoms with Crippen molar-refractivity contribution >= 4 is 0 Å². The van der Waals surface area contributed by atoms with Crippen LogP contribution < -0.4 is 5.32 Å². The molecule has 21 heavy (non-hydrogen) atoms. The number of halogens is 4. The van der Waals surface area contributed by atoms with Crippen LogP contribution in [-0.4, -0.2) is 31.1 Å². The van der Waals surface area contributed by atoms with Gasteiger partial charge in [0, 0.05) is 37.8 Å².